The standard InChI is InChI=1S/C11H16N6O2S/c12-11-10(6-14-16-11)20(18,19)17-5-1-2-8(7-17)9-3-4-13-15-9/h3-4,6,8H,1-2,5,7H2,(H,13,15)(H3,12,14,16). The third-order valence-electron chi connectivity index (χ3n) is 3.60. The van der Waals surface area contributed by atoms with Gasteiger partial charge in [0.15, 0.2) is 0 Å². The number of nitrogens with two attached hydrogens (primary N) is 1. The van der Waals surface area contributed by atoms with Crippen LogP contribution in [0.15, 0.2) is 23.4 Å². The minimum atomic E-state index is -3.59. The highest BCUT2D eigenvalue weighted by Gasteiger charge is 2.33. The van der Waals surface area contributed by atoms with Gasteiger partial charge in [-0.15, -0.1) is 0 Å². The lowest BCUT2D eigenvalue weighted by Crippen LogP contribution is -2.39. The number of hydrogen-bond donors (Lipinski definition) is 3. The highest BCUT2D eigenvalue weighted by atomic mass is 32.2. The zero-order valence-electron chi connectivity index (χ0n) is 10.8. The summed E-state index contributed by atoms with van der Waals surface area (Å²) in [5.74, 6) is 0.211. The van der Waals surface area contributed by atoms with E-state index in [0.717, 1.165) is 18.5 Å². The molecule has 4 N–H and O–H groups in total. The van der Waals surface area contributed by atoms with Crippen LogP contribution in [0.25, 0.3) is 0 Å². The predicted octanol–water partition coefficient (Wildman–Crippen LogP) is 0.283. The van der Waals surface area contributed by atoms with Crippen LogP contribution in [0.4, 0.5) is 5.82 Å². The summed E-state index contributed by atoms with van der Waals surface area (Å²) in [4.78, 5) is 0.0442. The first-order valence-electron chi connectivity index (χ1n) is 6.37. The minimum Gasteiger partial charge on any atom is -0.383 e. The Hall–Kier alpha value is -1.87. The van der Waals surface area contributed by atoms with Gasteiger partial charge in [0.1, 0.15) is 10.7 Å². The van der Waals surface area contributed by atoms with Crippen molar-refractivity contribution in [2.45, 2.75) is 23.7 Å². The molecule has 108 valence electrons. The van der Waals surface area contributed by atoms with E-state index >= 15 is 0 Å². The van der Waals surface area contributed by atoms with Gasteiger partial charge in [0.05, 0.1) is 6.20 Å². The highest BCUT2D eigenvalue weighted by molar-refractivity contribution is 7.89. The summed E-state index contributed by atoms with van der Waals surface area (Å²) >= 11 is 0. The molecule has 2 aromatic rings. The number of anilines is 1. The van der Waals surface area contributed by atoms with Gasteiger partial charge in [-0.2, -0.15) is 14.5 Å². The number of nitrogens with zero attached hydrogens (tertiary/aromatic N) is 3. The van der Waals surface area contributed by atoms with E-state index in [-0.39, 0.29) is 16.6 Å². The SMILES string of the molecule is Nc1[nH]ncc1S(=O)(=O)N1CCCC(c2ccn[nH]2)C1. The Kier molecular flexibility index (Phi) is 3.22. The molecular weight excluding hydrogens is 280 g/mol. The van der Waals surface area contributed by atoms with Gasteiger partial charge < -0.3 is 5.73 Å². The largest absolute Gasteiger partial charge is 0.383 e. The molecule has 9 heteroatoms. The summed E-state index contributed by atoms with van der Waals surface area (Å²) in [7, 11) is -3.59. The topological polar surface area (TPSA) is 121 Å². The van der Waals surface area contributed by atoms with E-state index in [1.165, 1.54) is 10.5 Å². The fraction of sp³-hybridized carbons (Fsp3) is 0.455. The van der Waals surface area contributed by atoms with Crippen molar-refractivity contribution < 1.29 is 8.42 Å². The molecule has 0 radical (unpaired) electrons. The molecule has 0 aromatic carbocycles. The number of nitrogen functional groups attached to an aromatic ring is 1. The molecule has 0 spiro atoms. The minimum absolute atomic E-state index is 0.0442. The van der Waals surface area contributed by atoms with Gasteiger partial charge in [0, 0.05) is 30.9 Å². The van der Waals surface area contributed by atoms with Crippen LogP contribution in [0, 0.1) is 0 Å². The van der Waals surface area contributed by atoms with Gasteiger partial charge in [0.25, 0.3) is 0 Å². The highest BCUT2D eigenvalue weighted by Crippen LogP contribution is 2.30. The molecule has 8 nitrogen and oxygen atoms in total. The van der Waals surface area contributed by atoms with Gasteiger partial charge in [-0.1, -0.05) is 0 Å². The number of aromatic nitrogens is 4. The van der Waals surface area contributed by atoms with Crippen LogP contribution in [-0.4, -0.2) is 46.2 Å². The Morgan fingerprint density at radius 3 is 2.85 bits per heavy atom. The number of hydrogen-bond acceptors (Lipinski definition) is 5. The average molecular weight is 296 g/mol. The first-order valence-corrected chi connectivity index (χ1v) is 7.81. The van der Waals surface area contributed by atoms with Gasteiger partial charge in [-0.3, -0.25) is 10.2 Å². The molecule has 1 fully saturated rings. The van der Waals surface area contributed by atoms with Crippen LogP contribution in [0.2, 0.25) is 0 Å². The van der Waals surface area contributed by atoms with Crippen LogP contribution in [-0.2, 0) is 10.0 Å². The molecule has 3 heterocycles. The second kappa shape index (κ2) is 4.91. The molecule has 1 aliphatic rings. The Labute approximate surface area is 116 Å². The van der Waals surface area contributed by atoms with Crippen LogP contribution >= 0.6 is 0 Å². The van der Waals surface area contributed by atoms with E-state index in [9.17, 15) is 8.42 Å². The van der Waals surface area contributed by atoms with E-state index in [2.05, 4.69) is 20.4 Å². The lowest BCUT2D eigenvalue weighted by Gasteiger charge is -2.31. The number of sulfonamides is 1. The second-order valence-corrected chi connectivity index (χ2v) is 6.77. The third kappa shape index (κ3) is 2.18. The van der Waals surface area contributed by atoms with E-state index in [1.54, 1.807) is 6.20 Å². The zero-order chi connectivity index (χ0) is 14.2. The van der Waals surface area contributed by atoms with Gasteiger partial charge in [-0.25, -0.2) is 8.42 Å². The van der Waals surface area contributed by atoms with Crippen molar-refractivity contribution >= 4 is 15.8 Å². The number of nitrogens with one attached hydrogen (secondary N) is 2. The summed E-state index contributed by atoms with van der Waals surface area (Å²) in [6.45, 7) is 0.923. The maximum Gasteiger partial charge on any atom is 0.248 e. The molecular formula is C11H16N6O2S. The van der Waals surface area contributed by atoms with Crippen LogP contribution in [0.1, 0.15) is 24.5 Å². The van der Waals surface area contributed by atoms with E-state index in [4.69, 9.17) is 5.73 Å². The monoisotopic (exact) mass is 296 g/mol. The molecule has 0 bridgehead atoms. The number of H-pyrrole nitrogens is 2. The summed E-state index contributed by atoms with van der Waals surface area (Å²) in [6.07, 6.45) is 4.68. The Bertz CT molecular complexity index is 678. The molecule has 20 heavy (non-hydrogen) atoms. The molecule has 2 aromatic heterocycles. The Morgan fingerprint density at radius 1 is 1.35 bits per heavy atom. The van der Waals surface area contributed by atoms with Gasteiger partial charge in [-0.05, 0) is 18.9 Å². The van der Waals surface area contributed by atoms with Crippen molar-refractivity contribution in [2.24, 2.45) is 0 Å². The molecule has 3 rings (SSSR count). The van der Waals surface area contributed by atoms with E-state index < -0.39 is 10.0 Å². The number of rotatable bonds is 3. The molecule has 0 amide bonds. The maximum absolute atomic E-state index is 12.5. The fourth-order valence-corrected chi connectivity index (χ4v) is 4.07. The van der Waals surface area contributed by atoms with Crippen molar-refractivity contribution in [1.29, 1.82) is 0 Å². The van der Waals surface area contributed by atoms with Crippen molar-refractivity contribution in [3.8, 4) is 0 Å². The van der Waals surface area contributed by atoms with Crippen molar-refractivity contribution in [3.05, 3.63) is 24.2 Å². The lowest BCUT2D eigenvalue weighted by molar-refractivity contribution is 0.312. The fourth-order valence-electron chi connectivity index (χ4n) is 2.54. The Balaban J connectivity index is 1.85. The van der Waals surface area contributed by atoms with Crippen LogP contribution in [0.3, 0.4) is 0 Å². The smallest absolute Gasteiger partial charge is 0.248 e. The molecule has 1 atom stereocenters. The van der Waals surface area contributed by atoms with Gasteiger partial charge >= 0.3 is 0 Å². The Morgan fingerprint density at radius 2 is 2.20 bits per heavy atom. The van der Waals surface area contributed by atoms with E-state index in [0.29, 0.717) is 13.1 Å². The lowest BCUT2D eigenvalue weighted by atomic mass is 9.96. The first kappa shape index (κ1) is 13.1. The molecule has 0 aliphatic carbocycles. The zero-order valence-corrected chi connectivity index (χ0v) is 11.6. The molecule has 0 saturated carbocycles. The molecule has 1 aliphatic heterocycles. The first-order chi connectivity index (χ1) is 9.59. The summed E-state index contributed by atoms with van der Waals surface area (Å²) < 4.78 is 26.6. The summed E-state index contributed by atoms with van der Waals surface area (Å²) in [5.41, 5.74) is 6.59. The normalized spacial score (nSPS) is 21.1. The number of piperidine rings is 1. The van der Waals surface area contributed by atoms with Crippen molar-refractivity contribution in [3.63, 3.8) is 0 Å². The van der Waals surface area contributed by atoms with Crippen LogP contribution < -0.4 is 5.73 Å². The summed E-state index contributed by atoms with van der Waals surface area (Å²) in [5, 5.41) is 13.0. The molecule has 1 saturated heterocycles. The maximum atomic E-state index is 12.5. The average Bonchev–Trinajstić information content (AvgIpc) is 3.10. The molecule has 1 unspecified atom stereocenters. The van der Waals surface area contributed by atoms with Gasteiger partial charge in [0.2, 0.25) is 10.0 Å². The quantitative estimate of drug-likeness (QED) is 0.751. The second-order valence-electron chi connectivity index (χ2n) is 4.86. The third-order valence-corrected chi connectivity index (χ3v) is 5.49. The summed E-state index contributed by atoms with van der Waals surface area (Å²) in [6, 6.07) is 1.88. The van der Waals surface area contributed by atoms with Crippen molar-refractivity contribution in [2.75, 3.05) is 18.8 Å². The van der Waals surface area contributed by atoms with E-state index in [1.807, 2.05) is 6.07 Å². The van der Waals surface area contributed by atoms with Crippen molar-refractivity contribution in [1.82, 2.24) is 24.7 Å². The van der Waals surface area contributed by atoms with Crippen LogP contribution in [0.5, 0.6) is 0 Å². The predicted molar refractivity (Wildman–Crippen MR) is 72.3 cm³/mol. The number of aromatic amines is 2.